The SMILES string of the molecule is CC(C)S(=O)(=O)c1cc(Nc2cccnn2)ccc1-c1cnc(C2CCC(NC(=O)O)CC2)s1. The summed E-state index contributed by atoms with van der Waals surface area (Å²) in [4.78, 5) is 16.5. The summed E-state index contributed by atoms with van der Waals surface area (Å²) in [6.45, 7) is 3.34. The molecule has 1 fully saturated rings. The highest BCUT2D eigenvalue weighted by Gasteiger charge is 2.28. The third-order valence-corrected chi connectivity index (χ3v) is 9.33. The fourth-order valence-electron chi connectivity index (χ4n) is 4.07. The molecule has 2 heterocycles. The molecule has 1 aliphatic rings. The predicted molar refractivity (Wildman–Crippen MR) is 131 cm³/mol. The first-order valence-electron chi connectivity index (χ1n) is 11.1. The van der Waals surface area contributed by atoms with Crippen molar-refractivity contribution in [2.45, 2.75) is 61.6 Å². The van der Waals surface area contributed by atoms with Crippen LogP contribution < -0.4 is 10.6 Å². The van der Waals surface area contributed by atoms with Gasteiger partial charge in [0, 0.05) is 35.6 Å². The zero-order valence-corrected chi connectivity index (χ0v) is 20.6. The van der Waals surface area contributed by atoms with Gasteiger partial charge in [-0.1, -0.05) is 6.07 Å². The minimum Gasteiger partial charge on any atom is -0.465 e. The first-order chi connectivity index (χ1) is 16.2. The van der Waals surface area contributed by atoms with Gasteiger partial charge in [0.25, 0.3) is 0 Å². The van der Waals surface area contributed by atoms with Crippen LogP contribution in [-0.2, 0) is 9.84 Å². The maximum atomic E-state index is 13.2. The number of sulfone groups is 1. The van der Waals surface area contributed by atoms with E-state index in [1.165, 1.54) is 11.3 Å². The van der Waals surface area contributed by atoms with Gasteiger partial charge in [-0.25, -0.2) is 18.2 Å². The molecule has 1 aromatic carbocycles. The van der Waals surface area contributed by atoms with Gasteiger partial charge in [-0.05, 0) is 63.8 Å². The van der Waals surface area contributed by atoms with E-state index in [1.54, 1.807) is 50.5 Å². The standard InChI is InChI=1S/C23H27N5O4S2/c1-14(2)34(31,32)20-12-17(26-21-4-3-11-25-28-21)9-10-18(20)19-13-24-22(33-19)15-5-7-16(8-6-15)27-23(29)30/h3-4,9-16,27H,5-8H2,1-2H3,(H,26,28)(H,29,30). The summed E-state index contributed by atoms with van der Waals surface area (Å²) < 4.78 is 26.5. The lowest BCUT2D eigenvalue weighted by atomic mass is 9.86. The summed E-state index contributed by atoms with van der Waals surface area (Å²) in [5, 5.41) is 22.8. The number of carbonyl (C=O) groups is 1. The number of rotatable bonds is 7. The average molecular weight is 502 g/mol. The summed E-state index contributed by atoms with van der Waals surface area (Å²) in [6, 6.07) is 8.75. The zero-order chi connectivity index (χ0) is 24.3. The summed E-state index contributed by atoms with van der Waals surface area (Å²) >= 11 is 1.50. The minimum atomic E-state index is -3.57. The Morgan fingerprint density at radius 2 is 1.94 bits per heavy atom. The first kappa shape index (κ1) is 24.1. The van der Waals surface area contributed by atoms with Crippen molar-refractivity contribution in [3.8, 4) is 10.4 Å². The van der Waals surface area contributed by atoms with E-state index in [9.17, 15) is 13.2 Å². The van der Waals surface area contributed by atoms with Crippen molar-refractivity contribution in [3.05, 3.63) is 47.7 Å². The monoisotopic (exact) mass is 501 g/mol. The van der Waals surface area contributed by atoms with Crippen molar-refractivity contribution >= 4 is 38.8 Å². The van der Waals surface area contributed by atoms with Gasteiger partial charge in [-0.3, -0.25) is 0 Å². The second kappa shape index (κ2) is 10.1. The van der Waals surface area contributed by atoms with Gasteiger partial charge < -0.3 is 15.7 Å². The number of thiazole rings is 1. The van der Waals surface area contributed by atoms with E-state index in [4.69, 9.17) is 5.11 Å². The van der Waals surface area contributed by atoms with Gasteiger partial charge in [-0.15, -0.1) is 16.4 Å². The molecule has 180 valence electrons. The van der Waals surface area contributed by atoms with Gasteiger partial charge in [0.1, 0.15) is 0 Å². The second-order valence-corrected chi connectivity index (χ2v) is 12.1. The van der Waals surface area contributed by atoms with E-state index in [1.807, 2.05) is 6.07 Å². The molecule has 2 aromatic heterocycles. The molecule has 0 bridgehead atoms. The summed E-state index contributed by atoms with van der Waals surface area (Å²) in [5.74, 6) is 0.768. The highest BCUT2D eigenvalue weighted by Crippen LogP contribution is 2.40. The van der Waals surface area contributed by atoms with Gasteiger partial charge in [0.15, 0.2) is 15.7 Å². The van der Waals surface area contributed by atoms with Crippen LogP contribution in [0.15, 0.2) is 47.6 Å². The lowest BCUT2D eigenvalue weighted by molar-refractivity contribution is 0.185. The fourth-order valence-corrected chi connectivity index (χ4v) is 6.54. The van der Waals surface area contributed by atoms with E-state index < -0.39 is 21.2 Å². The zero-order valence-electron chi connectivity index (χ0n) is 18.9. The fraction of sp³-hybridized carbons (Fsp3) is 0.391. The molecular weight excluding hydrogens is 474 g/mol. The first-order valence-corrected chi connectivity index (χ1v) is 13.5. The molecular formula is C23H27N5O4S2. The molecule has 0 unspecified atom stereocenters. The van der Waals surface area contributed by atoms with Crippen LogP contribution in [0.25, 0.3) is 10.4 Å². The number of carboxylic acid groups (broad SMARTS) is 1. The number of anilines is 2. The van der Waals surface area contributed by atoms with E-state index >= 15 is 0 Å². The third kappa shape index (κ3) is 5.36. The van der Waals surface area contributed by atoms with Crippen molar-refractivity contribution < 1.29 is 18.3 Å². The summed E-state index contributed by atoms with van der Waals surface area (Å²) in [6.07, 6.45) is 5.54. The molecule has 9 nitrogen and oxygen atoms in total. The van der Waals surface area contributed by atoms with Crippen molar-refractivity contribution in [2.24, 2.45) is 0 Å². The Hall–Kier alpha value is -3.05. The largest absolute Gasteiger partial charge is 0.465 e. The number of benzene rings is 1. The van der Waals surface area contributed by atoms with E-state index in [-0.39, 0.29) is 16.9 Å². The van der Waals surface area contributed by atoms with E-state index in [0.29, 0.717) is 17.1 Å². The summed E-state index contributed by atoms with van der Waals surface area (Å²) in [5.41, 5.74) is 1.24. The van der Waals surface area contributed by atoms with Gasteiger partial charge in [0.2, 0.25) is 0 Å². The normalized spacial score (nSPS) is 18.6. The predicted octanol–water partition coefficient (Wildman–Crippen LogP) is 4.82. The Bertz CT molecular complexity index is 1250. The Kier molecular flexibility index (Phi) is 7.13. The van der Waals surface area contributed by atoms with Crippen LogP contribution >= 0.6 is 11.3 Å². The van der Waals surface area contributed by atoms with Crippen LogP contribution in [0.2, 0.25) is 0 Å². The highest BCUT2D eigenvalue weighted by molar-refractivity contribution is 7.92. The third-order valence-electron chi connectivity index (χ3n) is 5.95. The van der Waals surface area contributed by atoms with Gasteiger partial charge in [0.05, 0.1) is 20.0 Å². The van der Waals surface area contributed by atoms with Crippen LogP contribution in [-0.4, -0.2) is 46.1 Å². The Balaban J connectivity index is 1.61. The molecule has 1 saturated carbocycles. The Morgan fingerprint density at radius 3 is 2.59 bits per heavy atom. The average Bonchev–Trinajstić information content (AvgIpc) is 3.30. The molecule has 0 atom stereocenters. The second-order valence-electron chi connectivity index (χ2n) is 8.60. The van der Waals surface area contributed by atoms with Crippen LogP contribution in [0.3, 0.4) is 0 Å². The van der Waals surface area contributed by atoms with Crippen molar-refractivity contribution in [3.63, 3.8) is 0 Å². The van der Waals surface area contributed by atoms with Crippen molar-refractivity contribution in [1.29, 1.82) is 0 Å². The van der Waals surface area contributed by atoms with Crippen molar-refractivity contribution in [2.75, 3.05) is 5.32 Å². The Morgan fingerprint density at radius 1 is 1.18 bits per heavy atom. The molecule has 0 spiro atoms. The molecule has 34 heavy (non-hydrogen) atoms. The lowest BCUT2D eigenvalue weighted by Gasteiger charge is -2.27. The molecule has 3 N–H and O–H groups in total. The molecule has 11 heteroatoms. The molecule has 3 aromatic rings. The lowest BCUT2D eigenvalue weighted by Crippen LogP contribution is -2.36. The van der Waals surface area contributed by atoms with E-state index in [0.717, 1.165) is 35.6 Å². The number of amides is 1. The summed E-state index contributed by atoms with van der Waals surface area (Å²) in [7, 11) is -3.57. The maximum absolute atomic E-state index is 13.2. The molecule has 0 radical (unpaired) electrons. The van der Waals surface area contributed by atoms with E-state index in [2.05, 4.69) is 25.8 Å². The smallest absolute Gasteiger partial charge is 0.404 e. The number of aromatic nitrogens is 3. The van der Waals surface area contributed by atoms with Gasteiger partial charge >= 0.3 is 6.09 Å². The number of nitrogens with zero attached hydrogens (tertiary/aromatic N) is 3. The Labute approximate surface area is 202 Å². The number of nitrogens with one attached hydrogen (secondary N) is 2. The highest BCUT2D eigenvalue weighted by atomic mass is 32.2. The minimum absolute atomic E-state index is 0.0229. The topological polar surface area (TPSA) is 134 Å². The molecule has 1 amide bonds. The number of hydrogen-bond acceptors (Lipinski definition) is 8. The number of hydrogen-bond donors (Lipinski definition) is 3. The van der Waals surface area contributed by atoms with Crippen LogP contribution in [0.4, 0.5) is 16.3 Å². The molecule has 4 rings (SSSR count). The quantitative estimate of drug-likeness (QED) is 0.419. The van der Waals surface area contributed by atoms with Crippen molar-refractivity contribution in [1.82, 2.24) is 20.5 Å². The maximum Gasteiger partial charge on any atom is 0.404 e. The molecule has 1 aliphatic carbocycles. The van der Waals surface area contributed by atoms with Gasteiger partial charge in [-0.2, -0.15) is 5.10 Å². The van der Waals surface area contributed by atoms with Crippen LogP contribution in [0.5, 0.6) is 0 Å². The molecule has 0 aliphatic heterocycles. The van der Waals surface area contributed by atoms with Crippen LogP contribution in [0.1, 0.15) is 50.5 Å². The van der Waals surface area contributed by atoms with Crippen LogP contribution in [0, 0.1) is 0 Å². The molecule has 0 saturated heterocycles.